The quantitative estimate of drug-likeness (QED) is 0.394. The van der Waals surface area contributed by atoms with Gasteiger partial charge in [0.1, 0.15) is 16.9 Å². The van der Waals surface area contributed by atoms with Gasteiger partial charge in [-0.1, -0.05) is 19.9 Å². The van der Waals surface area contributed by atoms with Crippen LogP contribution in [0.1, 0.15) is 59.6 Å². The lowest BCUT2D eigenvalue weighted by molar-refractivity contribution is -0.191. The number of esters is 2. The maximum atomic E-state index is 12.7. The van der Waals surface area contributed by atoms with E-state index in [1.165, 1.54) is 6.07 Å². The second-order valence-corrected chi connectivity index (χ2v) is 8.32. The first kappa shape index (κ1) is 22.6. The first-order chi connectivity index (χ1) is 14.6. The Labute approximate surface area is 181 Å². The van der Waals surface area contributed by atoms with Crippen LogP contribution in [0.4, 0.5) is 0 Å². The number of rotatable bonds is 5. The Hall–Kier alpha value is -3.09. The lowest BCUT2D eigenvalue weighted by Gasteiger charge is -2.43. The fourth-order valence-electron chi connectivity index (χ4n) is 3.41. The summed E-state index contributed by atoms with van der Waals surface area (Å²) in [6, 6.07) is 6.43. The number of allylic oxidation sites excluding steroid dienone is 1. The number of benzene rings is 1. The van der Waals surface area contributed by atoms with Crippen LogP contribution in [0, 0.1) is 5.92 Å². The number of carbonyl (C=O) groups is 2. The van der Waals surface area contributed by atoms with E-state index < -0.39 is 35.4 Å². The summed E-state index contributed by atoms with van der Waals surface area (Å²) < 4.78 is 23.3. The molecule has 3 rings (SSSR count). The lowest BCUT2D eigenvalue weighted by Crippen LogP contribution is -2.52. The molecule has 31 heavy (non-hydrogen) atoms. The van der Waals surface area contributed by atoms with Gasteiger partial charge in [0, 0.05) is 17.0 Å². The second-order valence-electron chi connectivity index (χ2n) is 8.32. The molecule has 2 heterocycles. The van der Waals surface area contributed by atoms with E-state index >= 15 is 0 Å². The van der Waals surface area contributed by atoms with Crippen molar-refractivity contribution in [1.29, 1.82) is 0 Å². The van der Waals surface area contributed by atoms with Crippen molar-refractivity contribution in [2.24, 2.45) is 5.92 Å². The minimum Gasteiger partial charge on any atom is -0.483 e. The summed E-state index contributed by atoms with van der Waals surface area (Å²) >= 11 is 0. The van der Waals surface area contributed by atoms with Crippen molar-refractivity contribution < 1.29 is 28.2 Å². The van der Waals surface area contributed by atoms with Gasteiger partial charge in [0.2, 0.25) is 0 Å². The molecule has 7 nitrogen and oxygen atoms in total. The highest BCUT2D eigenvalue weighted by Crippen LogP contribution is 2.46. The summed E-state index contributed by atoms with van der Waals surface area (Å²) in [6.45, 7) is 10.5. The van der Waals surface area contributed by atoms with E-state index in [0.717, 1.165) is 0 Å². The van der Waals surface area contributed by atoms with E-state index in [-0.39, 0.29) is 11.5 Å². The van der Waals surface area contributed by atoms with Crippen molar-refractivity contribution in [3.63, 3.8) is 0 Å². The molecule has 1 aromatic heterocycles. The Kier molecular flexibility index (Phi) is 6.25. The summed E-state index contributed by atoms with van der Waals surface area (Å²) in [5, 5.41) is 0.637. The molecular formula is C24H28O7. The van der Waals surface area contributed by atoms with Crippen LogP contribution in [-0.4, -0.2) is 23.6 Å². The van der Waals surface area contributed by atoms with Gasteiger partial charge in [-0.2, -0.15) is 0 Å². The van der Waals surface area contributed by atoms with Crippen LogP contribution in [0.25, 0.3) is 11.0 Å². The molecule has 0 N–H and O–H groups in total. The third-order valence-corrected chi connectivity index (χ3v) is 5.65. The molecule has 0 spiro atoms. The van der Waals surface area contributed by atoms with E-state index in [2.05, 4.69) is 0 Å². The van der Waals surface area contributed by atoms with Gasteiger partial charge in [-0.25, -0.2) is 9.59 Å². The molecule has 0 aliphatic carbocycles. The molecule has 1 aliphatic rings. The minimum atomic E-state index is -1.02. The van der Waals surface area contributed by atoms with Crippen molar-refractivity contribution in [3.05, 3.63) is 51.9 Å². The van der Waals surface area contributed by atoms with Crippen molar-refractivity contribution >= 4 is 22.9 Å². The van der Waals surface area contributed by atoms with Crippen LogP contribution in [0.5, 0.6) is 5.75 Å². The largest absolute Gasteiger partial charge is 0.483 e. The highest BCUT2D eigenvalue weighted by molar-refractivity contribution is 5.89. The summed E-state index contributed by atoms with van der Waals surface area (Å²) in [5.74, 6) is -0.913. The molecule has 0 amide bonds. The van der Waals surface area contributed by atoms with Crippen molar-refractivity contribution in [1.82, 2.24) is 0 Å². The van der Waals surface area contributed by atoms with E-state index in [4.69, 9.17) is 18.6 Å². The van der Waals surface area contributed by atoms with Gasteiger partial charge in [0.25, 0.3) is 0 Å². The number of hydrogen-bond acceptors (Lipinski definition) is 7. The summed E-state index contributed by atoms with van der Waals surface area (Å²) in [5.41, 5.74) is -0.545. The predicted molar refractivity (Wildman–Crippen MR) is 115 cm³/mol. The Balaban J connectivity index is 2.21. The van der Waals surface area contributed by atoms with Gasteiger partial charge in [0.15, 0.2) is 12.2 Å². The maximum Gasteiger partial charge on any atom is 0.336 e. The fraction of sp³-hybridized carbons (Fsp3) is 0.458. The molecule has 7 heteroatoms. The van der Waals surface area contributed by atoms with Crippen molar-refractivity contribution in [3.8, 4) is 5.75 Å². The smallest absolute Gasteiger partial charge is 0.336 e. The third-order valence-electron chi connectivity index (χ3n) is 5.65. The van der Waals surface area contributed by atoms with Crippen LogP contribution in [0.3, 0.4) is 0 Å². The fourth-order valence-corrected chi connectivity index (χ4v) is 3.41. The van der Waals surface area contributed by atoms with Crippen LogP contribution in [0.2, 0.25) is 0 Å². The lowest BCUT2D eigenvalue weighted by atomic mass is 9.87. The Bertz CT molecular complexity index is 1090. The van der Waals surface area contributed by atoms with Gasteiger partial charge < -0.3 is 18.6 Å². The van der Waals surface area contributed by atoms with E-state index in [9.17, 15) is 14.4 Å². The van der Waals surface area contributed by atoms with Gasteiger partial charge in [-0.15, -0.1) is 0 Å². The van der Waals surface area contributed by atoms with Crippen molar-refractivity contribution in [2.45, 2.75) is 65.8 Å². The third kappa shape index (κ3) is 4.36. The first-order valence-electron chi connectivity index (χ1n) is 10.4. The van der Waals surface area contributed by atoms with Crippen LogP contribution >= 0.6 is 0 Å². The van der Waals surface area contributed by atoms with E-state index in [1.807, 2.05) is 6.92 Å². The topological polar surface area (TPSA) is 92.0 Å². The highest BCUT2D eigenvalue weighted by Gasteiger charge is 2.50. The minimum absolute atomic E-state index is 0.237. The van der Waals surface area contributed by atoms with Crippen molar-refractivity contribution in [2.75, 3.05) is 0 Å². The predicted octanol–water partition coefficient (Wildman–Crippen LogP) is 4.47. The Morgan fingerprint density at radius 3 is 2.52 bits per heavy atom. The Morgan fingerprint density at radius 2 is 1.87 bits per heavy atom. The molecule has 0 saturated heterocycles. The van der Waals surface area contributed by atoms with Gasteiger partial charge >= 0.3 is 17.6 Å². The van der Waals surface area contributed by atoms with Crippen LogP contribution in [-0.2, 0) is 19.1 Å². The zero-order chi connectivity index (χ0) is 22.9. The van der Waals surface area contributed by atoms with Crippen LogP contribution < -0.4 is 10.4 Å². The summed E-state index contributed by atoms with van der Waals surface area (Å²) in [6.07, 6.45) is 0.259. The van der Waals surface area contributed by atoms with Gasteiger partial charge in [0.05, 0.1) is 11.5 Å². The molecule has 0 saturated carbocycles. The summed E-state index contributed by atoms with van der Waals surface area (Å²) in [4.78, 5) is 37.4. The zero-order valence-electron chi connectivity index (χ0n) is 18.7. The van der Waals surface area contributed by atoms with Gasteiger partial charge in [-0.05, 0) is 52.3 Å². The average molecular weight is 428 g/mol. The molecule has 1 aliphatic heterocycles. The number of fused-ring (bicyclic) bond motifs is 3. The monoisotopic (exact) mass is 428 g/mol. The first-order valence-corrected chi connectivity index (χ1v) is 10.4. The molecule has 3 atom stereocenters. The second kappa shape index (κ2) is 8.57. The average Bonchev–Trinajstić information content (AvgIpc) is 2.73. The highest BCUT2D eigenvalue weighted by atomic mass is 16.6. The normalized spacial score (nSPS) is 21.0. The molecule has 0 radical (unpaired) electrons. The number of hydrogen-bond donors (Lipinski definition) is 0. The van der Waals surface area contributed by atoms with Gasteiger partial charge in [-0.3, -0.25) is 4.79 Å². The molecule has 3 unspecified atom stereocenters. The Morgan fingerprint density at radius 1 is 1.19 bits per heavy atom. The molecule has 0 bridgehead atoms. The molecular weight excluding hydrogens is 400 g/mol. The molecule has 2 aromatic rings. The molecule has 166 valence electrons. The summed E-state index contributed by atoms with van der Waals surface area (Å²) in [7, 11) is 0. The molecule has 1 aromatic carbocycles. The SMILES string of the molecule is C/C=C(\C)C(=O)OC1c2c(ccc3ccc(=O)oc23)OC(C)(C)C1OC(=O)C(C)CC. The maximum absolute atomic E-state index is 12.7. The number of ether oxygens (including phenoxy) is 3. The molecule has 0 fully saturated rings. The standard InChI is InChI=1S/C24H28O7/c1-7-13(3)22(26)29-20-18-16(11-9-15-10-12-17(25)28-19(15)18)31-24(5,6)21(20)30-23(27)14(4)8-2/h7,9-12,14,20-21H,8H2,1-6H3/b13-7+. The van der Waals surface area contributed by atoms with E-state index in [1.54, 1.807) is 58.9 Å². The van der Waals surface area contributed by atoms with E-state index in [0.29, 0.717) is 28.7 Å². The van der Waals surface area contributed by atoms with Crippen LogP contribution in [0.15, 0.2) is 45.1 Å². The number of carbonyl (C=O) groups excluding carboxylic acids is 2. The zero-order valence-corrected chi connectivity index (χ0v) is 18.7.